The molecule has 0 saturated heterocycles. The summed E-state index contributed by atoms with van der Waals surface area (Å²) in [6.07, 6.45) is 0. The Morgan fingerprint density at radius 1 is 0.471 bits per heavy atom. The van der Waals surface area contributed by atoms with Crippen molar-refractivity contribution in [2.75, 3.05) is 0 Å². The summed E-state index contributed by atoms with van der Waals surface area (Å²) >= 11 is 25.7. The van der Waals surface area contributed by atoms with Gasteiger partial charge >= 0.3 is 0 Å². The third kappa shape index (κ3) is 5.99. The molecule has 1 nitrogen and oxygen atoms in total. The first-order valence-corrected chi connectivity index (χ1v) is 15.1. The molecule has 0 amide bonds. The van der Waals surface area contributed by atoms with Crippen LogP contribution in [0.5, 0.6) is 0 Å². The van der Waals surface area contributed by atoms with Crippen molar-refractivity contribution in [3.8, 4) is 0 Å². The molecule has 0 spiro atoms. The summed E-state index contributed by atoms with van der Waals surface area (Å²) in [6, 6.07) is 0. The minimum Gasteiger partial charge on any atom is -0.205 e. The zero-order valence-corrected chi connectivity index (χ0v) is 30.8. The highest BCUT2D eigenvalue weighted by Crippen LogP contribution is 2.79. The summed E-state index contributed by atoms with van der Waals surface area (Å²) in [7, 11) is 0. The average Bonchev–Trinajstić information content (AvgIpc) is 1.67. The lowest BCUT2D eigenvalue weighted by Crippen LogP contribution is -2.62. The van der Waals surface area contributed by atoms with Crippen LogP contribution in [0.3, 0.4) is 0 Å². The van der Waals surface area contributed by atoms with Gasteiger partial charge in [0.1, 0.15) is 3.72 Å². The van der Waals surface area contributed by atoms with Crippen molar-refractivity contribution in [3.63, 3.8) is 0 Å². The molecule has 17 heavy (non-hydrogen) atoms. The summed E-state index contributed by atoms with van der Waals surface area (Å²) in [4.78, 5) is 0. The second-order valence-corrected chi connectivity index (χ2v) is 41.0. The maximum absolute atomic E-state index is 13.0. The van der Waals surface area contributed by atoms with E-state index in [1.54, 1.807) is 0 Å². The zero-order valence-electron chi connectivity index (χ0n) is 7.07. The molecule has 0 aliphatic rings. The van der Waals surface area contributed by atoms with Gasteiger partial charge < -0.3 is 0 Å². The Labute approximate surface area is 251 Å². The van der Waals surface area contributed by atoms with Gasteiger partial charge in [-0.15, -0.1) is 0 Å². The molecule has 0 atom stereocenters. The largest absolute Gasteiger partial charge is 0.217 e. The fourth-order valence-corrected chi connectivity index (χ4v) is 37.3. The highest BCUT2D eigenvalue weighted by molar-refractivity contribution is 14.3. The van der Waals surface area contributed by atoms with Crippen molar-refractivity contribution in [2.24, 2.45) is 5.41 Å². The molecule has 0 N–H and O–H groups in total. The molecular weight excluding hydrogens is 1470 g/mol. The molecule has 0 aromatic heterocycles. The summed E-state index contributed by atoms with van der Waals surface area (Å²) in [6.45, 7) is 0. The standard InChI is InChI=1S/C5I11O/c6-2(7,8)1(3(9,10)11,4(12,13)14)5(15,16)17. The summed E-state index contributed by atoms with van der Waals surface area (Å²) in [5.41, 5.74) is -0.452. The van der Waals surface area contributed by atoms with Crippen molar-refractivity contribution in [1.29, 1.82) is 0 Å². The molecule has 0 saturated carbocycles. The lowest BCUT2D eigenvalue weighted by Gasteiger charge is -2.55. The number of rotatable bonds is 4. The Morgan fingerprint density at radius 2 is 0.647 bits per heavy atom. The summed E-state index contributed by atoms with van der Waals surface area (Å²) in [5, 5.41) is 13.0. The maximum Gasteiger partial charge on any atom is 0.217 e. The van der Waals surface area contributed by atoms with Crippen molar-refractivity contribution < 1.29 is 5.11 Å². The van der Waals surface area contributed by atoms with E-state index in [-0.39, 0.29) is -1.69 Å². The Bertz CT molecular complexity index is 213. The smallest absolute Gasteiger partial charge is 0.205 e. The van der Waals surface area contributed by atoms with Gasteiger partial charge in [-0.25, -0.2) is 5.11 Å². The van der Waals surface area contributed by atoms with E-state index in [0.717, 1.165) is 0 Å². The number of hydrogen-bond donors (Lipinski definition) is 0. The molecule has 0 bridgehead atoms. The van der Waals surface area contributed by atoms with Gasteiger partial charge in [0.15, 0.2) is 0 Å². The van der Waals surface area contributed by atoms with Crippen LogP contribution in [0.2, 0.25) is 0 Å². The Hall–Kier alpha value is 7.99. The first kappa shape index (κ1) is 25.0. The molecule has 0 rings (SSSR count). The van der Waals surface area contributed by atoms with E-state index < -0.39 is 7.03 Å². The second-order valence-electron chi connectivity index (χ2n) is 2.76. The molecule has 0 aliphatic carbocycles. The van der Waals surface area contributed by atoms with Gasteiger partial charge in [0.25, 0.3) is 0 Å². The molecule has 12 heteroatoms. The van der Waals surface area contributed by atoms with Crippen LogP contribution in [-0.4, -0.2) is -0.0799 Å². The molecule has 103 valence electrons. The molecule has 0 unspecified atom stereocenters. The molecule has 0 fully saturated rings. The highest BCUT2D eigenvalue weighted by atomic mass is 127. The Balaban J connectivity index is 6.37. The van der Waals surface area contributed by atoms with Crippen LogP contribution in [0.15, 0.2) is 0 Å². The Kier molecular flexibility index (Phi) is 12.9. The predicted molar refractivity (Wildman–Crippen MR) is 168 cm³/mol. The van der Waals surface area contributed by atoms with Crippen molar-refractivity contribution in [2.45, 2.75) is -0.0799 Å². The van der Waals surface area contributed by atoms with Crippen LogP contribution in [0, 0.1) is 5.41 Å². The van der Waals surface area contributed by atoms with Crippen LogP contribution in [0.25, 0.3) is 0 Å². The van der Waals surface area contributed by atoms with Crippen molar-refractivity contribution in [3.05, 3.63) is 0 Å². The number of halogens is 11. The third-order valence-corrected chi connectivity index (χ3v) is 10.6. The molecule has 1 radical (unpaired) electrons. The number of hydrogen-bond acceptors (Lipinski definition) is 0. The second kappa shape index (κ2) is 8.79. The first-order valence-electron chi connectivity index (χ1n) is 3.28. The fourth-order valence-electron chi connectivity index (χ4n) is 0.977. The lowest BCUT2D eigenvalue weighted by atomic mass is 9.98. The average molecular weight is 1470 g/mol. The molecule has 0 aromatic rings. The van der Waals surface area contributed by atoms with Gasteiger partial charge in [0, 0.05) is 0 Å². The van der Waals surface area contributed by atoms with E-state index in [4.69, 9.17) is 0 Å². The van der Waals surface area contributed by atoms with E-state index >= 15 is 0 Å². The fraction of sp³-hybridized carbons (Fsp3) is 1.00. The Morgan fingerprint density at radius 3 is 0.647 bits per heavy atom. The van der Waals surface area contributed by atoms with E-state index in [9.17, 15) is 5.11 Å². The van der Waals surface area contributed by atoms with Gasteiger partial charge in [0.2, 0.25) is 1.61 Å². The SMILES string of the molecule is [O]C(I)(I)C(C(I)(I)I)(C(I)(I)I)C(I)(I)I. The monoisotopic (exact) mass is 1470 g/mol. The molecule has 0 heterocycles. The molecule has 0 aromatic carbocycles. The third-order valence-electron chi connectivity index (χ3n) is 1.71. The minimum atomic E-state index is -1.11. The highest BCUT2D eigenvalue weighted by Gasteiger charge is 2.76. The maximum atomic E-state index is 13.0. The van der Waals surface area contributed by atoms with Gasteiger partial charge in [-0.1, -0.05) is 203 Å². The van der Waals surface area contributed by atoms with Crippen molar-refractivity contribution in [1.82, 2.24) is 0 Å². The van der Waals surface area contributed by atoms with Crippen molar-refractivity contribution >= 4 is 248 Å². The van der Waals surface area contributed by atoms with Crippen LogP contribution in [0.1, 0.15) is 0 Å². The molecular formula is C5I11O. The summed E-state index contributed by atoms with van der Waals surface area (Å²) in [5.74, 6) is 0. The van der Waals surface area contributed by atoms with E-state index in [2.05, 4.69) is 248 Å². The van der Waals surface area contributed by atoms with Crippen LogP contribution < -0.4 is 0 Å². The number of alkyl halides is 11. The van der Waals surface area contributed by atoms with E-state index in [1.807, 2.05) is 0 Å². The van der Waals surface area contributed by atoms with Crippen LogP contribution in [0.4, 0.5) is 0 Å². The topological polar surface area (TPSA) is 19.9 Å². The predicted octanol–water partition coefficient (Wildman–Crippen LogP) is 8.80. The lowest BCUT2D eigenvalue weighted by molar-refractivity contribution is 0.0739. The minimum absolute atomic E-state index is 0.197. The van der Waals surface area contributed by atoms with E-state index in [0.29, 0.717) is 0 Å². The zero-order chi connectivity index (χ0) is 14.5. The van der Waals surface area contributed by atoms with Crippen LogP contribution in [-0.2, 0) is 5.11 Å². The summed E-state index contributed by atoms with van der Waals surface area (Å²) < 4.78 is -1.70. The van der Waals surface area contributed by atoms with Gasteiger partial charge in [-0.3, -0.25) is 0 Å². The first-order chi connectivity index (χ1) is 7.00. The van der Waals surface area contributed by atoms with Gasteiger partial charge in [0.05, 0.1) is 0 Å². The van der Waals surface area contributed by atoms with E-state index in [1.165, 1.54) is 0 Å². The normalized spacial score (nSPS) is 16.2. The molecule has 0 aliphatic heterocycles. The quantitative estimate of drug-likeness (QED) is 0.198. The van der Waals surface area contributed by atoms with Crippen LogP contribution >= 0.6 is 248 Å². The van der Waals surface area contributed by atoms with Gasteiger partial charge in [-0.05, 0) is 45.2 Å². The van der Waals surface area contributed by atoms with Gasteiger partial charge in [-0.2, -0.15) is 0 Å².